The molecular formula is C18H19N3O2. The van der Waals surface area contributed by atoms with Crippen LogP contribution in [0.5, 0.6) is 5.75 Å². The highest BCUT2D eigenvalue weighted by Gasteiger charge is 2.14. The number of aromatic nitrogens is 1. The highest BCUT2D eigenvalue weighted by atomic mass is 16.5. The minimum absolute atomic E-state index is 0.117. The summed E-state index contributed by atoms with van der Waals surface area (Å²) in [6.45, 7) is 3.70. The van der Waals surface area contributed by atoms with Crippen molar-refractivity contribution in [3.8, 4) is 5.75 Å². The molecule has 2 N–H and O–H groups in total. The number of nitrogens with zero attached hydrogens (tertiary/aromatic N) is 2. The van der Waals surface area contributed by atoms with Crippen LogP contribution in [0.1, 0.15) is 29.8 Å². The predicted octanol–water partition coefficient (Wildman–Crippen LogP) is 3.28. The van der Waals surface area contributed by atoms with Crippen molar-refractivity contribution in [3.63, 3.8) is 0 Å². The van der Waals surface area contributed by atoms with E-state index in [2.05, 4.69) is 9.98 Å². The average Bonchev–Trinajstić information content (AvgIpc) is 2.59. The van der Waals surface area contributed by atoms with Gasteiger partial charge in [0, 0.05) is 35.9 Å². The normalized spacial score (nSPS) is 12.1. The Morgan fingerprint density at radius 3 is 2.52 bits per heavy atom. The summed E-state index contributed by atoms with van der Waals surface area (Å²) in [5, 5.41) is 0. The van der Waals surface area contributed by atoms with Gasteiger partial charge in [-0.2, -0.15) is 0 Å². The van der Waals surface area contributed by atoms with Crippen molar-refractivity contribution in [2.75, 3.05) is 7.11 Å². The van der Waals surface area contributed by atoms with E-state index in [1.165, 1.54) is 7.11 Å². The van der Waals surface area contributed by atoms with Crippen LogP contribution in [0, 0.1) is 0 Å². The average molecular weight is 309 g/mol. The van der Waals surface area contributed by atoms with Gasteiger partial charge in [0.25, 0.3) is 0 Å². The Bertz CT molecular complexity index is 761. The highest BCUT2D eigenvalue weighted by Crippen LogP contribution is 2.27. The Kier molecular flexibility index (Phi) is 5.25. The van der Waals surface area contributed by atoms with Gasteiger partial charge in [-0.3, -0.25) is 14.8 Å². The maximum absolute atomic E-state index is 12.5. The van der Waals surface area contributed by atoms with Gasteiger partial charge in [0.2, 0.25) is 0 Å². The molecule has 0 spiro atoms. The summed E-state index contributed by atoms with van der Waals surface area (Å²) < 4.78 is 5.34. The largest absolute Gasteiger partial charge is 0.496 e. The van der Waals surface area contributed by atoms with Crippen molar-refractivity contribution >= 4 is 17.7 Å². The third kappa shape index (κ3) is 4.03. The lowest BCUT2D eigenvalue weighted by atomic mass is 10.0. The number of benzene rings is 1. The van der Waals surface area contributed by atoms with Crippen LogP contribution < -0.4 is 10.5 Å². The van der Waals surface area contributed by atoms with Gasteiger partial charge in [-0.05, 0) is 43.7 Å². The van der Waals surface area contributed by atoms with Gasteiger partial charge in [-0.15, -0.1) is 0 Å². The van der Waals surface area contributed by atoms with Gasteiger partial charge in [0.1, 0.15) is 5.75 Å². The monoisotopic (exact) mass is 309 g/mol. The molecule has 23 heavy (non-hydrogen) atoms. The lowest BCUT2D eigenvalue weighted by Crippen LogP contribution is -2.03. The summed E-state index contributed by atoms with van der Waals surface area (Å²) >= 11 is 0. The Morgan fingerprint density at radius 2 is 1.91 bits per heavy atom. The molecule has 0 aliphatic carbocycles. The molecule has 0 aliphatic heterocycles. The Morgan fingerprint density at radius 1 is 1.22 bits per heavy atom. The summed E-state index contributed by atoms with van der Waals surface area (Å²) in [4.78, 5) is 20.8. The quantitative estimate of drug-likeness (QED) is 0.679. The van der Waals surface area contributed by atoms with Crippen molar-refractivity contribution in [2.24, 2.45) is 10.7 Å². The van der Waals surface area contributed by atoms with Gasteiger partial charge in [0.15, 0.2) is 5.78 Å². The molecule has 0 saturated heterocycles. The summed E-state index contributed by atoms with van der Waals surface area (Å²) in [6, 6.07) is 8.55. The van der Waals surface area contributed by atoms with E-state index in [4.69, 9.17) is 10.5 Å². The third-order valence-electron chi connectivity index (χ3n) is 3.40. The number of hydrogen-bond acceptors (Lipinski definition) is 5. The zero-order valence-electron chi connectivity index (χ0n) is 13.4. The number of methoxy groups -OCH3 is 1. The molecule has 0 unspecified atom stereocenters. The standard InChI is InChI=1S/C18H19N3O2/c1-12(13(2)19)11-21-15-4-5-16(17(10-15)23-3)18(22)14-6-8-20-9-7-14/h4-11H,19H2,1-3H3/b13-12-,21-11?. The van der Waals surface area contributed by atoms with Crippen molar-refractivity contribution < 1.29 is 9.53 Å². The molecule has 0 aliphatic rings. The van der Waals surface area contributed by atoms with Crippen LogP contribution in [0.15, 0.2) is 59.0 Å². The molecule has 0 bridgehead atoms. The topological polar surface area (TPSA) is 77.6 Å². The molecule has 2 rings (SSSR count). The zero-order valence-corrected chi connectivity index (χ0v) is 13.4. The third-order valence-corrected chi connectivity index (χ3v) is 3.40. The predicted molar refractivity (Wildman–Crippen MR) is 91.4 cm³/mol. The first-order valence-electron chi connectivity index (χ1n) is 7.12. The molecule has 5 heteroatoms. The van der Waals surface area contributed by atoms with Crippen molar-refractivity contribution in [2.45, 2.75) is 13.8 Å². The molecule has 118 valence electrons. The van der Waals surface area contributed by atoms with Gasteiger partial charge in [-0.1, -0.05) is 0 Å². The van der Waals surface area contributed by atoms with E-state index < -0.39 is 0 Å². The number of pyridine rings is 1. The summed E-state index contributed by atoms with van der Waals surface area (Å²) in [5.74, 6) is 0.362. The second-order valence-corrected chi connectivity index (χ2v) is 5.07. The number of allylic oxidation sites excluding steroid dienone is 2. The first-order valence-corrected chi connectivity index (χ1v) is 7.12. The fourth-order valence-electron chi connectivity index (χ4n) is 1.88. The summed E-state index contributed by atoms with van der Waals surface area (Å²) in [7, 11) is 1.53. The number of nitrogens with two attached hydrogens (primary N) is 1. The van der Waals surface area contributed by atoms with Crippen LogP contribution >= 0.6 is 0 Å². The van der Waals surface area contributed by atoms with Gasteiger partial charge in [0.05, 0.1) is 18.4 Å². The van der Waals surface area contributed by atoms with E-state index >= 15 is 0 Å². The highest BCUT2D eigenvalue weighted by molar-refractivity contribution is 6.10. The van der Waals surface area contributed by atoms with E-state index in [0.29, 0.717) is 28.3 Å². The fourth-order valence-corrected chi connectivity index (χ4v) is 1.88. The van der Waals surface area contributed by atoms with E-state index in [-0.39, 0.29) is 5.78 Å². The van der Waals surface area contributed by atoms with Crippen molar-refractivity contribution in [1.29, 1.82) is 0 Å². The van der Waals surface area contributed by atoms with E-state index in [0.717, 1.165) is 5.57 Å². The van der Waals surface area contributed by atoms with Crippen LogP contribution in [-0.4, -0.2) is 24.1 Å². The van der Waals surface area contributed by atoms with E-state index in [9.17, 15) is 4.79 Å². The second-order valence-electron chi connectivity index (χ2n) is 5.07. The first-order chi connectivity index (χ1) is 11.0. The van der Waals surface area contributed by atoms with E-state index in [1.807, 2.05) is 13.8 Å². The van der Waals surface area contributed by atoms with Gasteiger partial charge >= 0.3 is 0 Å². The molecule has 0 saturated carbocycles. The maximum Gasteiger partial charge on any atom is 0.196 e. The number of rotatable bonds is 5. The summed E-state index contributed by atoms with van der Waals surface area (Å²) in [6.07, 6.45) is 4.86. The van der Waals surface area contributed by atoms with Crippen LogP contribution in [-0.2, 0) is 0 Å². The fraction of sp³-hybridized carbons (Fsp3) is 0.167. The van der Waals surface area contributed by atoms with Crippen LogP contribution in [0.4, 0.5) is 5.69 Å². The minimum Gasteiger partial charge on any atom is -0.496 e. The number of aliphatic imine (C=N–C) groups is 1. The zero-order chi connectivity index (χ0) is 16.8. The van der Waals surface area contributed by atoms with E-state index in [1.54, 1.807) is 48.9 Å². The molecule has 0 fully saturated rings. The molecule has 1 aromatic heterocycles. The summed E-state index contributed by atoms with van der Waals surface area (Å²) in [5.41, 5.74) is 9.04. The minimum atomic E-state index is -0.117. The molecule has 0 amide bonds. The Labute approximate surface area is 135 Å². The lowest BCUT2D eigenvalue weighted by Gasteiger charge is -2.08. The molecule has 1 heterocycles. The number of hydrogen-bond donors (Lipinski definition) is 1. The Hall–Kier alpha value is -2.95. The SMILES string of the molecule is COc1cc(N=C/C(C)=C(/C)N)ccc1C(=O)c1ccncc1. The number of ether oxygens (including phenoxy) is 1. The second kappa shape index (κ2) is 7.35. The maximum atomic E-state index is 12.5. The van der Waals surface area contributed by atoms with Crippen molar-refractivity contribution in [1.82, 2.24) is 4.98 Å². The molecule has 0 radical (unpaired) electrons. The van der Waals surface area contributed by atoms with Crippen LogP contribution in [0.3, 0.4) is 0 Å². The Balaban J connectivity index is 2.34. The van der Waals surface area contributed by atoms with Crippen LogP contribution in [0.25, 0.3) is 0 Å². The van der Waals surface area contributed by atoms with Gasteiger partial charge in [-0.25, -0.2) is 0 Å². The number of carbonyl (C=O) groups is 1. The molecule has 5 nitrogen and oxygen atoms in total. The van der Waals surface area contributed by atoms with Crippen molar-refractivity contribution in [3.05, 3.63) is 65.1 Å². The molecule has 2 aromatic rings. The first kappa shape index (κ1) is 16.4. The molecule has 0 atom stereocenters. The molecule has 1 aromatic carbocycles. The number of carbonyl (C=O) groups excluding carboxylic acids is 1. The number of ketones is 1. The molecular weight excluding hydrogens is 290 g/mol. The lowest BCUT2D eigenvalue weighted by molar-refractivity contribution is 0.103. The van der Waals surface area contributed by atoms with Crippen LogP contribution in [0.2, 0.25) is 0 Å². The van der Waals surface area contributed by atoms with Gasteiger partial charge < -0.3 is 10.5 Å². The smallest absolute Gasteiger partial charge is 0.196 e.